The van der Waals surface area contributed by atoms with Crippen molar-refractivity contribution < 1.29 is 13.0 Å². The third-order valence-corrected chi connectivity index (χ3v) is 8.17. The number of nitrogens with one attached hydrogen (secondary N) is 3. The van der Waals surface area contributed by atoms with E-state index >= 15 is 0 Å². The average Bonchev–Trinajstić information content (AvgIpc) is 3.04. The molecule has 0 spiro atoms. The van der Waals surface area contributed by atoms with Crippen LogP contribution in [0.4, 0.5) is 34.1 Å². The van der Waals surface area contributed by atoms with Gasteiger partial charge in [0.15, 0.2) is 0 Å². The number of rotatable bonds is 10. The topological polar surface area (TPSA) is 90.5 Å². The third kappa shape index (κ3) is 7.15. The summed E-state index contributed by atoms with van der Waals surface area (Å²) < 4.78 is 32.0. The molecule has 0 aliphatic carbocycles. The minimum absolute atomic E-state index is 0.00496. The van der Waals surface area contributed by atoms with Gasteiger partial charge >= 0.3 is 0 Å². The molecule has 0 unspecified atom stereocenters. The van der Waals surface area contributed by atoms with Crippen molar-refractivity contribution in [2.75, 3.05) is 16.0 Å². The summed E-state index contributed by atoms with van der Waals surface area (Å²) in [5.74, 6) is -0.00496. The highest BCUT2D eigenvalue weighted by Gasteiger charge is 2.17. The van der Waals surface area contributed by atoms with Crippen molar-refractivity contribution in [2.45, 2.75) is 10.8 Å². The molecule has 7 heteroatoms. The van der Waals surface area contributed by atoms with Crippen LogP contribution >= 0.6 is 0 Å². The third-order valence-electron chi connectivity index (χ3n) is 7.30. The molecule has 4 N–H and O–H groups in total. The number of benzene rings is 6. The predicted octanol–water partition coefficient (Wildman–Crippen LogP) is 9.34. The molecule has 0 aliphatic heterocycles. The summed E-state index contributed by atoms with van der Waals surface area (Å²) in [5, 5.41) is 10.2. The first-order chi connectivity index (χ1) is 21.4. The molecule has 44 heavy (non-hydrogen) atoms. The molecular weight excluding hydrogens is 566 g/mol. The number of hydrogen-bond donors (Lipinski definition) is 4. The second kappa shape index (κ2) is 12.9. The molecule has 6 nitrogen and oxygen atoms in total. The van der Waals surface area contributed by atoms with E-state index in [2.05, 4.69) is 76.6 Å². The van der Waals surface area contributed by atoms with Gasteiger partial charge < -0.3 is 16.0 Å². The maximum atomic E-state index is 11.4. The van der Waals surface area contributed by atoms with E-state index in [0.29, 0.717) is 5.69 Å². The predicted molar refractivity (Wildman–Crippen MR) is 179 cm³/mol. The van der Waals surface area contributed by atoms with Gasteiger partial charge in [0.25, 0.3) is 10.1 Å². The van der Waals surface area contributed by atoms with Gasteiger partial charge in [-0.3, -0.25) is 4.55 Å². The van der Waals surface area contributed by atoms with E-state index in [1.807, 2.05) is 72.8 Å². The second-order valence-corrected chi connectivity index (χ2v) is 11.8. The lowest BCUT2D eigenvalue weighted by molar-refractivity contribution is 0.483. The molecule has 6 aromatic carbocycles. The SMILES string of the molecule is O=S(=O)(O)c1ccc(Nc2ccc(C(c3ccc(Nc4ccccc4)cc3)c3ccc(Nc4ccccc4)cc3)cc2)cc1. The standard InChI is InChI=1S/C37H31N3O3S/c41-44(42,43)36-25-23-35(24-26-36)40-34-21-15-29(16-22-34)37(27-11-17-32(18-12-27)38-30-7-3-1-4-8-30)28-13-19-33(20-14-28)39-31-9-5-2-6-10-31/h1-26,37-40H,(H,41,42,43). The Morgan fingerprint density at radius 3 is 0.955 bits per heavy atom. The highest BCUT2D eigenvalue weighted by molar-refractivity contribution is 7.85. The zero-order valence-corrected chi connectivity index (χ0v) is 24.6. The summed E-state index contributed by atoms with van der Waals surface area (Å²) in [6.45, 7) is 0. The molecule has 0 atom stereocenters. The summed E-state index contributed by atoms with van der Waals surface area (Å²) in [4.78, 5) is -0.142. The molecule has 218 valence electrons. The summed E-state index contributed by atoms with van der Waals surface area (Å²) in [6.07, 6.45) is 0. The van der Waals surface area contributed by atoms with E-state index < -0.39 is 10.1 Å². The fourth-order valence-corrected chi connectivity index (χ4v) is 5.59. The van der Waals surface area contributed by atoms with Gasteiger partial charge in [-0.1, -0.05) is 72.8 Å². The van der Waals surface area contributed by atoms with Gasteiger partial charge in [0.1, 0.15) is 0 Å². The summed E-state index contributed by atoms with van der Waals surface area (Å²) in [7, 11) is -4.23. The van der Waals surface area contributed by atoms with Crippen LogP contribution in [0.3, 0.4) is 0 Å². The van der Waals surface area contributed by atoms with Gasteiger partial charge in [-0.2, -0.15) is 8.42 Å². The van der Waals surface area contributed by atoms with Crippen LogP contribution < -0.4 is 16.0 Å². The Balaban J connectivity index is 1.27. The van der Waals surface area contributed by atoms with Crippen LogP contribution in [0.25, 0.3) is 0 Å². The average molecular weight is 598 g/mol. The molecule has 0 bridgehead atoms. The fourth-order valence-electron chi connectivity index (χ4n) is 5.11. The number of hydrogen-bond acceptors (Lipinski definition) is 5. The molecule has 0 aromatic heterocycles. The van der Waals surface area contributed by atoms with Crippen LogP contribution in [0.2, 0.25) is 0 Å². The molecule has 0 amide bonds. The highest BCUT2D eigenvalue weighted by atomic mass is 32.2. The first-order valence-corrected chi connectivity index (χ1v) is 15.6. The number of para-hydroxylation sites is 2. The van der Waals surface area contributed by atoms with Gasteiger partial charge in [0.05, 0.1) is 4.90 Å². The Kier molecular flexibility index (Phi) is 8.41. The normalized spacial score (nSPS) is 11.2. The summed E-state index contributed by atoms with van der Waals surface area (Å²) in [5.41, 5.74) is 9.12. The highest BCUT2D eigenvalue weighted by Crippen LogP contribution is 2.35. The van der Waals surface area contributed by atoms with Crippen molar-refractivity contribution >= 4 is 44.2 Å². The van der Waals surface area contributed by atoms with Crippen molar-refractivity contribution in [1.82, 2.24) is 0 Å². The van der Waals surface area contributed by atoms with Crippen LogP contribution in [0.1, 0.15) is 22.6 Å². The van der Waals surface area contributed by atoms with Crippen LogP contribution in [0.15, 0.2) is 163 Å². The lowest BCUT2D eigenvalue weighted by Gasteiger charge is -2.21. The quantitative estimate of drug-likeness (QED) is 0.0929. The van der Waals surface area contributed by atoms with Crippen LogP contribution in [0.5, 0.6) is 0 Å². The van der Waals surface area contributed by atoms with Gasteiger partial charge in [-0.05, 0) is 102 Å². The molecule has 0 heterocycles. The first kappa shape index (κ1) is 28.7. The van der Waals surface area contributed by atoms with Gasteiger partial charge in [0, 0.05) is 40.0 Å². The zero-order chi connectivity index (χ0) is 30.4. The van der Waals surface area contributed by atoms with Gasteiger partial charge in [0.2, 0.25) is 0 Å². The monoisotopic (exact) mass is 597 g/mol. The van der Waals surface area contributed by atoms with E-state index in [1.54, 1.807) is 12.1 Å². The summed E-state index contributed by atoms with van der Waals surface area (Å²) >= 11 is 0. The zero-order valence-electron chi connectivity index (χ0n) is 23.8. The summed E-state index contributed by atoms with van der Waals surface area (Å²) in [6, 6.07) is 51.5. The van der Waals surface area contributed by atoms with Crippen molar-refractivity contribution in [3.05, 3.63) is 174 Å². The fraction of sp³-hybridized carbons (Fsp3) is 0.0270. The van der Waals surface area contributed by atoms with Gasteiger partial charge in [-0.25, -0.2) is 0 Å². The Morgan fingerprint density at radius 1 is 0.386 bits per heavy atom. The van der Waals surface area contributed by atoms with E-state index in [0.717, 1.165) is 45.1 Å². The maximum Gasteiger partial charge on any atom is 0.294 e. The Bertz CT molecular complexity index is 1830. The van der Waals surface area contributed by atoms with Crippen LogP contribution in [-0.4, -0.2) is 13.0 Å². The van der Waals surface area contributed by atoms with E-state index in [4.69, 9.17) is 0 Å². The smallest absolute Gasteiger partial charge is 0.294 e. The lowest BCUT2D eigenvalue weighted by Crippen LogP contribution is -2.04. The van der Waals surface area contributed by atoms with Crippen molar-refractivity contribution in [2.24, 2.45) is 0 Å². The Hall–Kier alpha value is -5.37. The van der Waals surface area contributed by atoms with Crippen LogP contribution in [0, 0.1) is 0 Å². The first-order valence-electron chi connectivity index (χ1n) is 14.2. The largest absolute Gasteiger partial charge is 0.356 e. The van der Waals surface area contributed by atoms with Gasteiger partial charge in [-0.15, -0.1) is 0 Å². The molecule has 0 saturated carbocycles. The molecule has 0 radical (unpaired) electrons. The molecular formula is C37H31N3O3S. The minimum atomic E-state index is -4.23. The van der Waals surface area contributed by atoms with E-state index in [-0.39, 0.29) is 10.8 Å². The molecule has 6 aromatic rings. The minimum Gasteiger partial charge on any atom is -0.356 e. The maximum absolute atomic E-state index is 11.4. The van der Waals surface area contributed by atoms with Crippen molar-refractivity contribution in [1.29, 1.82) is 0 Å². The second-order valence-electron chi connectivity index (χ2n) is 10.4. The molecule has 0 saturated heterocycles. The van der Waals surface area contributed by atoms with E-state index in [9.17, 15) is 13.0 Å². The lowest BCUT2D eigenvalue weighted by atomic mass is 9.85. The van der Waals surface area contributed by atoms with Crippen LogP contribution in [-0.2, 0) is 10.1 Å². The molecule has 6 rings (SSSR count). The molecule has 0 fully saturated rings. The van der Waals surface area contributed by atoms with Crippen molar-refractivity contribution in [3.8, 4) is 0 Å². The Labute approximate surface area is 257 Å². The van der Waals surface area contributed by atoms with E-state index in [1.165, 1.54) is 12.1 Å². The number of anilines is 6. The van der Waals surface area contributed by atoms with Crippen molar-refractivity contribution in [3.63, 3.8) is 0 Å². The molecule has 0 aliphatic rings. The Morgan fingerprint density at radius 2 is 0.659 bits per heavy atom.